The Balaban J connectivity index is 1.85. The second-order valence-corrected chi connectivity index (χ2v) is 6.56. The molecule has 1 heterocycles. The van der Waals surface area contributed by atoms with Gasteiger partial charge in [-0.15, -0.1) is 0 Å². The summed E-state index contributed by atoms with van der Waals surface area (Å²) in [5.74, 6) is 0.878. The minimum absolute atomic E-state index is 0.0152. The van der Waals surface area contributed by atoms with Gasteiger partial charge in [0.15, 0.2) is 6.23 Å². The molecule has 2 aromatic rings. The number of anilines is 1. The van der Waals surface area contributed by atoms with Gasteiger partial charge in [0.2, 0.25) is 0 Å². The fourth-order valence-electron chi connectivity index (χ4n) is 3.37. The van der Waals surface area contributed by atoms with Crippen molar-refractivity contribution < 1.29 is 4.74 Å². The van der Waals surface area contributed by atoms with E-state index in [4.69, 9.17) is 16.3 Å². The van der Waals surface area contributed by atoms with Crippen LogP contribution in [0.2, 0.25) is 5.02 Å². The van der Waals surface area contributed by atoms with Crippen LogP contribution in [0.25, 0.3) is 0 Å². The van der Waals surface area contributed by atoms with Crippen LogP contribution in [0.4, 0.5) is 5.69 Å². The van der Waals surface area contributed by atoms with Gasteiger partial charge in [-0.05, 0) is 69.0 Å². The van der Waals surface area contributed by atoms with E-state index >= 15 is 0 Å². The summed E-state index contributed by atoms with van der Waals surface area (Å²) < 4.78 is 6.21. The highest BCUT2D eigenvalue weighted by atomic mass is 35.5. The number of fused-ring (bicyclic) bond motifs is 1. The van der Waals surface area contributed by atoms with Crippen LogP contribution in [0.15, 0.2) is 36.4 Å². The standard InChI is InChI=1S/C19H22ClNO/c1-12-9-17(10-13(2)19(12)20)22-15(4)21-14(3)11-16-7-5-6-8-18(16)21/h5-10,14-15H,11H2,1-4H3. The van der Waals surface area contributed by atoms with Crippen molar-refractivity contribution in [3.63, 3.8) is 0 Å². The van der Waals surface area contributed by atoms with Gasteiger partial charge < -0.3 is 9.64 Å². The largest absolute Gasteiger partial charge is 0.471 e. The lowest BCUT2D eigenvalue weighted by molar-refractivity contribution is 0.207. The summed E-state index contributed by atoms with van der Waals surface area (Å²) in [5, 5.41) is 0.819. The Hall–Kier alpha value is -1.67. The molecule has 0 aromatic heterocycles. The van der Waals surface area contributed by atoms with E-state index in [1.807, 2.05) is 26.0 Å². The second-order valence-electron chi connectivity index (χ2n) is 6.18. The van der Waals surface area contributed by atoms with Crippen LogP contribution >= 0.6 is 11.6 Å². The van der Waals surface area contributed by atoms with Crippen molar-refractivity contribution in [2.45, 2.75) is 46.4 Å². The van der Waals surface area contributed by atoms with Crippen molar-refractivity contribution in [2.24, 2.45) is 0 Å². The van der Waals surface area contributed by atoms with Crippen LogP contribution in [0, 0.1) is 13.8 Å². The molecule has 2 nitrogen and oxygen atoms in total. The fraction of sp³-hybridized carbons (Fsp3) is 0.368. The number of rotatable bonds is 3. The third kappa shape index (κ3) is 2.68. The topological polar surface area (TPSA) is 12.5 Å². The normalized spacial score (nSPS) is 18.2. The third-order valence-corrected chi connectivity index (χ3v) is 4.96. The zero-order valence-corrected chi connectivity index (χ0v) is 14.3. The predicted octanol–water partition coefficient (Wildman–Crippen LogP) is 5.13. The first-order valence-corrected chi connectivity index (χ1v) is 8.15. The SMILES string of the molecule is Cc1cc(OC(C)N2c3ccccc3CC2C)cc(C)c1Cl. The first kappa shape index (κ1) is 15.2. The maximum Gasteiger partial charge on any atom is 0.169 e. The lowest BCUT2D eigenvalue weighted by Crippen LogP contribution is -2.41. The van der Waals surface area contributed by atoms with Crippen molar-refractivity contribution in [2.75, 3.05) is 4.90 Å². The minimum Gasteiger partial charge on any atom is -0.471 e. The fourth-order valence-corrected chi connectivity index (χ4v) is 3.48. The minimum atomic E-state index is -0.0152. The Morgan fingerprint density at radius 2 is 1.82 bits per heavy atom. The quantitative estimate of drug-likeness (QED) is 0.778. The summed E-state index contributed by atoms with van der Waals surface area (Å²) in [5.41, 5.74) is 4.79. The molecule has 0 N–H and O–H groups in total. The van der Waals surface area contributed by atoms with Gasteiger partial charge in [-0.25, -0.2) is 0 Å². The molecule has 0 bridgehead atoms. The van der Waals surface area contributed by atoms with E-state index in [1.54, 1.807) is 0 Å². The molecule has 0 amide bonds. The molecule has 2 aromatic carbocycles. The Kier molecular flexibility index (Phi) is 4.05. The molecule has 1 aliphatic heterocycles. The van der Waals surface area contributed by atoms with Crippen LogP contribution in [0.5, 0.6) is 5.75 Å². The molecular weight excluding hydrogens is 294 g/mol. The Labute approximate surface area is 137 Å². The highest BCUT2D eigenvalue weighted by molar-refractivity contribution is 6.32. The number of nitrogens with zero attached hydrogens (tertiary/aromatic N) is 1. The zero-order chi connectivity index (χ0) is 15.9. The number of aryl methyl sites for hydroxylation is 2. The van der Waals surface area contributed by atoms with Gasteiger partial charge in [-0.1, -0.05) is 29.8 Å². The van der Waals surface area contributed by atoms with Crippen molar-refractivity contribution in [3.8, 4) is 5.75 Å². The number of benzene rings is 2. The molecular formula is C19H22ClNO. The molecule has 116 valence electrons. The number of ether oxygens (including phenoxy) is 1. The molecule has 0 saturated heterocycles. The summed E-state index contributed by atoms with van der Waals surface area (Å²) >= 11 is 6.24. The molecule has 22 heavy (non-hydrogen) atoms. The molecule has 1 aliphatic rings. The number of halogens is 1. The van der Waals surface area contributed by atoms with Crippen molar-refractivity contribution in [1.82, 2.24) is 0 Å². The van der Waals surface area contributed by atoms with E-state index in [0.29, 0.717) is 6.04 Å². The van der Waals surface area contributed by atoms with Crippen LogP contribution in [-0.2, 0) is 6.42 Å². The lowest BCUT2D eigenvalue weighted by Gasteiger charge is -2.32. The van der Waals surface area contributed by atoms with E-state index in [0.717, 1.165) is 28.3 Å². The second kappa shape index (κ2) is 5.85. The van der Waals surface area contributed by atoms with Crippen molar-refractivity contribution >= 4 is 17.3 Å². The molecule has 3 rings (SSSR count). The summed E-state index contributed by atoms with van der Waals surface area (Å²) in [6.45, 7) is 8.39. The Bertz CT molecular complexity index is 675. The van der Waals surface area contributed by atoms with Crippen LogP contribution in [0.3, 0.4) is 0 Å². The molecule has 0 aliphatic carbocycles. The van der Waals surface area contributed by atoms with E-state index < -0.39 is 0 Å². The first-order chi connectivity index (χ1) is 10.5. The van der Waals surface area contributed by atoms with Gasteiger partial charge in [0.05, 0.1) is 0 Å². The van der Waals surface area contributed by atoms with Gasteiger partial charge in [0.25, 0.3) is 0 Å². The van der Waals surface area contributed by atoms with Crippen molar-refractivity contribution in [3.05, 3.63) is 58.1 Å². The summed E-state index contributed by atoms with van der Waals surface area (Å²) in [7, 11) is 0. The molecule has 0 saturated carbocycles. The van der Waals surface area contributed by atoms with Gasteiger partial charge in [0.1, 0.15) is 5.75 Å². The number of para-hydroxylation sites is 1. The van der Waals surface area contributed by atoms with E-state index in [2.05, 4.69) is 43.0 Å². The van der Waals surface area contributed by atoms with Crippen LogP contribution < -0.4 is 9.64 Å². The maximum absolute atomic E-state index is 6.24. The van der Waals surface area contributed by atoms with Gasteiger partial charge in [0, 0.05) is 16.8 Å². The summed E-state index contributed by atoms with van der Waals surface area (Å²) in [6, 6.07) is 13.0. The predicted molar refractivity (Wildman–Crippen MR) is 93.1 cm³/mol. The van der Waals surface area contributed by atoms with E-state index in [-0.39, 0.29) is 6.23 Å². The highest BCUT2D eigenvalue weighted by Gasteiger charge is 2.30. The maximum atomic E-state index is 6.24. The molecule has 0 spiro atoms. The Morgan fingerprint density at radius 3 is 2.50 bits per heavy atom. The molecule has 2 unspecified atom stereocenters. The van der Waals surface area contributed by atoms with E-state index in [9.17, 15) is 0 Å². The number of hydrogen-bond acceptors (Lipinski definition) is 2. The van der Waals surface area contributed by atoms with Crippen LogP contribution in [0.1, 0.15) is 30.5 Å². The molecule has 2 atom stereocenters. The molecule has 3 heteroatoms. The number of hydrogen-bond donors (Lipinski definition) is 0. The van der Waals surface area contributed by atoms with Gasteiger partial charge >= 0.3 is 0 Å². The first-order valence-electron chi connectivity index (χ1n) is 7.77. The summed E-state index contributed by atoms with van der Waals surface area (Å²) in [4.78, 5) is 2.36. The monoisotopic (exact) mass is 315 g/mol. The van der Waals surface area contributed by atoms with Crippen LogP contribution in [-0.4, -0.2) is 12.3 Å². The zero-order valence-electron chi connectivity index (χ0n) is 13.6. The third-order valence-electron chi connectivity index (χ3n) is 4.37. The van der Waals surface area contributed by atoms with Gasteiger partial charge in [-0.3, -0.25) is 0 Å². The molecule has 0 fully saturated rings. The Morgan fingerprint density at radius 1 is 1.18 bits per heavy atom. The molecule has 0 radical (unpaired) electrons. The lowest BCUT2D eigenvalue weighted by atomic mass is 10.1. The van der Waals surface area contributed by atoms with Gasteiger partial charge in [-0.2, -0.15) is 0 Å². The highest BCUT2D eigenvalue weighted by Crippen LogP contribution is 2.34. The average molecular weight is 316 g/mol. The summed E-state index contributed by atoms with van der Waals surface area (Å²) in [6.07, 6.45) is 1.06. The van der Waals surface area contributed by atoms with Crippen molar-refractivity contribution in [1.29, 1.82) is 0 Å². The smallest absolute Gasteiger partial charge is 0.169 e. The van der Waals surface area contributed by atoms with E-state index in [1.165, 1.54) is 11.3 Å². The average Bonchev–Trinajstić information content (AvgIpc) is 2.80.